The molecule has 0 amide bonds. The molecule has 0 bridgehead atoms. The van der Waals surface area contributed by atoms with Crippen LogP contribution in [0.5, 0.6) is 0 Å². The van der Waals surface area contributed by atoms with Crippen LogP contribution in [-0.4, -0.2) is 21.1 Å². The Labute approximate surface area is 102 Å². The topological polar surface area (TPSA) is 60.9 Å². The summed E-state index contributed by atoms with van der Waals surface area (Å²) in [6.07, 6.45) is 6.14. The molecule has 17 heavy (non-hydrogen) atoms. The molecule has 0 aliphatic heterocycles. The largest absolute Gasteiger partial charge is 0.319 e. The molecular formula is C13H21N3O. The fourth-order valence-corrected chi connectivity index (χ4v) is 2.09. The maximum atomic E-state index is 11.8. The third-order valence-corrected chi connectivity index (χ3v) is 3.67. The summed E-state index contributed by atoms with van der Waals surface area (Å²) in [6.45, 7) is 4.31. The summed E-state index contributed by atoms with van der Waals surface area (Å²) in [5, 5.41) is 4.47. The van der Waals surface area contributed by atoms with E-state index < -0.39 is 5.54 Å². The van der Waals surface area contributed by atoms with Crippen molar-refractivity contribution in [3.8, 4) is 0 Å². The van der Waals surface area contributed by atoms with E-state index in [4.69, 9.17) is 5.73 Å². The molecule has 1 aliphatic carbocycles. The summed E-state index contributed by atoms with van der Waals surface area (Å²) >= 11 is 0. The monoisotopic (exact) mass is 235 g/mol. The van der Waals surface area contributed by atoms with Crippen LogP contribution < -0.4 is 5.73 Å². The second-order valence-corrected chi connectivity index (χ2v) is 5.01. The number of carbonyl (C=O) groups is 1. The summed E-state index contributed by atoms with van der Waals surface area (Å²) in [6, 6.07) is 2.37. The minimum absolute atomic E-state index is 0.132. The molecule has 0 unspecified atom stereocenters. The number of nitrogens with zero attached hydrogens (tertiary/aromatic N) is 2. The number of rotatable bonds is 6. The van der Waals surface area contributed by atoms with E-state index in [1.807, 2.05) is 16.9 Å². The first-order chi connectivity index (χ1) is 8.09. The van der Waals surface area contributed by atoms with Gasteiger partial charge in [-0.1, -0.05) is 13.8 Å². The Bertz CT molecular complexity index is 403. The van der Waals surface area contributed by atoms with Gasteiger partial charge < -0.3 is 5.73 Å². The average Bonchev–Trinajstić information content (AvgIpc) is 2.90. The number of carbonyl (C=O) groups excluding carboxylic acids is 1. The number of aromatic nitrogens is 2. The Balaban J connectivity index is 2.00. The molecule has 1 fully saturated rings. The summed E-state index contributed by atoms with van der Waals surface area (Å²) in [5.74, 6) is 0.132. The van der Waals surface area contributed by atoms with Gasteiger partial charge in [-0.05, 0) is 31.7 Å². The Morgan fingerprint density at radius 3 is 2.71 bits per heavy atom. The van der Waals surface area contributed by atoms with E-state index in [9.17, 15) is 4.79 Å². The van der Waals surface area contributed by atoms with Gasteiger partial charge in [0.05, 0.1) is 23.7 Å². The van der Waals surface area contributed by atoms with E-state index in [1.54, 1.807) is 0 Å². The van der Waals surface area contributed by atoms with Gasteiger partial charge in [0.25, 0.3) is 0 Å². The van der Waals surface area contributed by atoms with E-state index in [0.29, 0.717) is 12.5 Å². The van der Waals surface area contributed by atoms with Crippen molar-refractivity contribution in [3.63, 3.8) is 0 Å². The smallest absolute Gasteiger partial charge is 0.158 e. The molecule has 4 nitrogen and oxygen atoms in total. The molecule has 1 saturated carbocycles. The molecule has 0 radical (unpaired) electrons. The number of ketones is 1. The molecule has 1 aliphatic rings. The van der Waals surface area contributed by atoms with Crippen LogP contribution in [0.25, 0.3) is 0 Å². The van der Waals surface area contributed by atoms with E-state index in [0.717, 1.165) is 31.4 Å². The predicted octanol–water partition coefficient (Wildman–Crippen LogP) is 1.85. The third kappa shape index (κ3) is 2.57. The number of nitrogens with two attached hydrogens (primary N) is 1. The number of hydrogen-bond acceptors (Lipinski definition) is 3. The average molecular weight is 235 g/mol. The minimum atomic E-state index is -0.529. The SMILES string of the molecule is CCC(CC)n1ccc(CC(=O)C2(N)CC2)n1. The molecule has 2 rings (SSSR count). The lowest BCUT2D eigenvalue weighted by atomic mass is 10.1. The van der Waals surface area contributed by atoms with Gasteiger partial charge in [-0.25, -0.2) is 0 Å². The lowest BCUT2D eigenvalue weighted by Crippen LogP contribution is -2.34. The molecule has 94 valence electrons. The molecule has 0 saturated heterocycles. The Morgan fingerprint density at radius 1 is 1.53 bits per heavy atom. The molecule has 1 aromatic heterocycles. The van der Waals surface area contributed by atoms with Crippen molar-refractivity contribution in [1.82, 2.24) is 9.78 Å². The zero-order valence-electron chi connectivity index (χ0n) is 10.6. The van der Waals surface area contributed by atoms with Gasteiger partial charge in [0.15, 0.2) is 5.78 Å². The Morgan fingerprint density at radius 2 is 2.18 bits per heavy atom. The summed E-state index contributed by atoms with van der Waals surface area (Å²) in [4.78, 5) is 11.8. The molecule has 1 heterocycles. The molecular weight excluding hydrogens is 214 g/mol. The highest BCUT2D eigenvalue weighted by Crippen LogP contribution is 2.33. The lowest BCUT2D eigenvalue weighted by molar-refractivity contribution is -0.120. The Kier molecular flexibility index (Phi) is 3.33. The summed E-state index contributed by atoms with van der Waals surface area (Å²) in [5.41, 5.74) is 6.19. The molecule has 0 spiro atoms. The van der Waals surface area contributed by atoms with Crippen LogP contribution >= 0.6 is 0 Å². The van der Waals surface area contributed by atoms with Gasteiger partial charge in [-0.15, -0.1) is 0 Å². The van der Waals surface area contributed by atoms with Gasteiger partial charge in [0, 0.05) is 6.20 Å². The minimum Gasteiger partial charge on any atom is -0.319 e. The predicted molar refractivity (Wildman–Crippen MR) is 66.7 cm³/mol. The first-order valence-corrected chi connectivity index (χ1v) is 6.45. The summed E-state index contributed by atoms with van der Waals surface area (Å²) < 4.78 is 1.97. The van der Waals surface area contributed by atoms with E-state index in [-0.39, 0.29) is 5.78 Å². The van der Waals surface area contributed by atoms with Crippen molar-refractivity contribution < 1.29 is 4.79 Å². The van der Waals surface area contributed by atoms with Crippen LogP contribution in [0.1, 0.15) is 51.3 Å². The van der Waals surface area contributed by atoms with Crippen LogP contribution in [-0.2, 0) is 11.2 Å². The highest BCUT2D eigenvalue weighted by atomic mass is 16.1. The van der Waals surface area contributed by atoms with Crippen molar-refractivity contribution in [2.45, 2.75) is 57.5 Å². The fourth-order valence-electron chi connectivity index (χ4n) is 2.09. The first-order valence-electron chi connectivity index (χ1n) is 6.45. The fraction of sp³-hybridized carbons (Fsp3) is 0.692. The third-order valence-electron chi connectivity index (χ3n) is 3.67. The van der Waals surface area contributed by atoms with Gasteiger partial charge in [0.2, 0.25) is 0 Å². The maximum absolute atomic E-state index is 11.8. The molecule has 0 atom stereocenters. The first kappa shape index (κ1) is 12.3. The standard InChI is InChI=1S/C13H21N3O/c1-3-11(4-2)16-8-5-10(15-16)9-12(17)13(14)6-7-13/h5,8,11H,3-4,6-7,9,14H2,1-2H3. The summed E-state index contributed by atoms with van der Waals surface area (Å²) in [7, 11) is 0. The normalized spacial score (nSPS) is 17.4. The quantitative estimate of drug-likeness (QED) is 0.818. The van der Waals surface area contributed by atoms with E-state index >= 15 is 0 Å². The van der Waals surface area contributed by atoms with E-state index in [1.165, 1.54) is 0 Å². The van der Waals surface area contributed by atoms with Gasteiger partial charge in [0.1, 0.15) is 0 Å². The zero-order valence-corrected chi connectivity index (χ0v) is 10.6. The van der Waals surface area contributed by atoms with Crippen molar-refractivity contribution in [3.05, 3.63) is 18.0 Å². The van der Waals surface area contributed by atoms with Crippen molar-refractivity contribution in [2.24, 2.45) is 5.73 Å². The zero-order chi connectivity index (χ0) is 12.5. The lowest BCUT2D eigenvalue weighted by Gasteiger charge is -2.12. The second kappa shape index (κ2) is 4.61. The maximum Gasteiger partial charge on any atom is 0.158 e. The van der Waals surface area contributed by atoms with Gasteiger partial charge in [-0.2, -0.15) is 5.10 Å². The highest BCUT2D eigenvalue weighted by molar-refractivity contribution is 5.92. The molecule has 0 aromatic carbocycles. The molecule has 2 N–H and O–H groups in total. The van der Waals surface area contributed by atoms with Crippen molar-refractivity contribution in [1.29, 1.82) is 0 Å². The molecule has 1 aromatic rings. The van der Waals surface area contributed by atoms with Crippen molar-refractivity contribution >= 4 is 5.78 Å². The van der Waals surface area contributed by atoms with Crippen molar-refractivity contribution in [2.75, 3.05) is 0 Å². The van der Waals surface area contributed by atoms with Gasteiger partial charge >= 0.3 is 0 Å². The van der Waals surface area contributed by atoms with Crippen LogP contribution in [0.15, 0.2) is 12.3 Å². The number of Topliss-reactive ketones (excluding diaryl/α,β-unsaturated/α-hetero) is 1. The van der Waals surface area contributed by atoms with Crippen LogP contribution in [0.3, 0.4) is 0 Å². The highest BCUT2D eigenvalue weighted by Gasteiger charge is 2.45. The second-order valence-electron chi connectivity index (χ2n) is 5.01. The van der Waals surface area contributed by atoms with E-state index in [2.05, 4.69) is 18.9 Å². The van der Waals surface area contributed by atoms with Crippen LogP contribution in [0, 0.1) is 0 Å². The Hall–Kier alpha value is -1.16. The number of hydrogen-bond donors (Lipinski definition) is 1. The molecule has 4 heteroatoms. The van der Waals surface area contributed by atoms with Gasteiger partial charge in [-0.3, -0.25) is 9.48 Å². The van der Waals surface area contributed by atoms with Crippen LogP contribution in [0.4, 0.5) is 0 Å². The van der Waals surface area contributed by atoms with Crippen LogP contribution in [0.2, 0.25) is 0 Å².